The Morgan fingerprint density at radius 1 is 1.00 bits per heavy atom. The summed E-state index contributed by atoms with van der Waals surface area (Å²) in [5, 5.41) is 0. The third-order valence-corrected chi connectivity index (χ3v) is 6.14. The van der Waals surface area contributed by atoms with Gasteiger partial charge >= 0.3 is 0 Å². The maximum Gasteiger partial charge on any atom is 0.118 e. The van der Waals surface area contributed by atoms with E-state index in [1.807, 2.05) is 0 Å². The van der Waals surface area contributed by atoms with E-state index in [1.54, 1.807) is 29.4 Å². The number of ether oxygens (including phenoxy) is 1. The zero-order chi connectivity index (χ0) is 19.4. The zero-order valence-electron chi connectivity index (χ0n) is 17.7. The molecule has 0 fully saturated rings. The average molecular weight is 363 g/mol. The smallest absolute Gasteiger partial charge is 0.118 e. The number of aryl methyl sites for hydroxylation is 1. The quantitative estimate of drug-likeness (QED) is 0.521. The second kappa shape index (κ2) is 8.78. The van der Waals surface area contributed by atoms with Crippen LogP contribution in [0.25, 0.3) is 11.1 Å². The molecule has 0 bridgehead atoms. The Hall–Kier alpha value is -2.02. The lowest BCUT2D eigenvalue weighted by atomic mass is 9.81. The predicted molar refractivity (Wildman–Crippen MR) is 117 cm³/mol. The molecule has 0 amide bonds. The number of benzene rings is 2. The van der Waals surface area contributed by atoms with Gasteiger partial charge in [-0.05, 0) is 105 Å². The molecule has 0 N–H and O–H groups in total. The molecule has 0 heterocycles. The Bertz CT molecular complexity index is 820. The van der Waals surface area contributed by atoms with Crippen LogP contribution < -0.4 is 4.74 Å². The molecule has 0 spiro atoms. The standard InChI is InChI=1S/C26H34O/c1-6-8-24-19(4)26(21-13-15-23(27-5)16-14-21)17-22-12-11-20(18(2)3)9-7-10-25(22)24/h13-17H,6-12H2,1-5H3. The molecule has 3 rings (SSSR count). The van der Waals surface area contributed by atoms with Crippen molar-refractivity contribution in [1.29, 1.82) is 0 Å². The topological polar surface area (TPSA) is 9.23 Å². The van der Waals surface area contributed by atoms with Gasteiger partial charge in [-0.25, -0.2) is 0 Å². The number of allylic oxidation sites excluding steroid dienone is 2. The fourth-order valence-corrected chi connectivity index (χ4v) is 4.53. The molecule has 0 aliphatic heterocycles. The lowest BCUT2D eigenvalue weighted by Crippen LogP contribution is -2.09. The van der Waals surface area contributed by atoms with Crippen LogP contribution in [0.2, 0.25) is 0 Å². The summed E-state index contributed by atoms with van der Waals surface area (Å²) >= 11 is 0. The van der Waals surface area contributed by atoms with E-state index in [4.69, 9.17) is 4.74 Å². The lowest BCUT2D eigenvalue weighted by Gasteiger charge is -2.24. The summed E-state index contributed by atoms with van der Waals surface area (Å²) in [6.45, 7) is 9.18. The van der Waals surface area contributed by atoms with Gasteiger partial charge in [-0.1, -0.05) is 42.7 Å². The molecule has 1 aliphatic carbocycles. The molecule has 0 unspecified atom stereocenters. The summed E-state index contributed by atoms with van der Waals surface area (Å²) in [6, 6.07) is 11.0. The highest BCUT2D eigenvalue weighted by molar-refractivity contribution is 5.71. The second-order valence-electron chi connectivity index (χ2n) is 8.10. The minimum absolute atomic E-state index is 0.921. The van der Waals surface area contributed by atoms with Crippen molar-refractivity contribution in [2.45, 2.75) is 72.6 Å². The van der Waals surface area contributed by atoms with Crippen molar-refractivity contribution in [3.8, 4) is 16.9 Å². The largest absolute Gasteiger partial charge is 0.497 e. The lowest BCUT2D eigenvalue weighted by molar-refractivity contribution is 0.415. The second-order valence-corrected chi connectivity index (χ2v) is 8.10. The Labute approximate surface area is 165 Å². The zero-order valence-corrected chi connectivity index (χ0v) is 17.7. The van der Waals surface area contributed by atoms with E-state index in [1.165, 1.54) is 67.2 Å². The maximum absolute atomic E-state index is 5.35. The molecular weight excluding hydrogens is 328 g/mol. The van der Waals surface area contributed by atoms with Crippen LogP contribution in [0.4, 0.5) is 0 Å². The van der Waals surface area contributed by atoms with Gasteiger partial charge in [-0.3, -0.25) is 0 Å². The van der Waals surface area contributed by atoms with E-state index in [-0.39, 0.29) is 0 Å². The predicted octanol–water partition coefficient (Wildman–Crippen LogP) is 7.23. The molecule has 27 heavy (non-hydrogen) atoms. The van der Waals surface area contributed by atoms with Gasteiger partial charge in [0.1, 0.15) is 5.75 Å². The van der Waals surface area contributed by atoms with E-state index < -0.39 is 0 Å². The first kappa shape index (κ1) is 19.7. The number of methoxy groups -OCH3 is 1. The molecule has 1 aliphatic rings. The minimum atomic E-state index is 0.921. The van der Waals surface area contributed by atoms with E-state index in [0.29, 0.717) is 0 Å². The molecule has 0 aromatic heterocycles. The maximum atomic E-state index is 5.35. The number of hydrogen-bond donors (Lipinski definition) is 0. The van der Waals surface area contributed by atoms with Gasteiger partial charge in [0, 0.05) is 0 Å². The summed E-state index contributed by atoms with van der Waals surface area (Å²) in [5.41, 5.74) is 12.2. The highest BCUT2D eigenvalue weighted by Gasteiger charge is 2.18. The van der Waals surface area contributed by atoms with Gasteiger partial charge in [-0.15, -0.1) is 0 Å². The summed E-state index contributed by atoms with van der Waals surface area (Å²) in [5.74, 6) is 0.921. The fourth-order valence-electron chi connectivity index (χ4n) is 4.53. The van der Waals surface area contributed by atoms with Crippen molar-refractivity contribution in [3.05, 3.63) is 63.7 Å². The summed E-state index contributed by atoms with van der Waals surface area (Å²) in [7, 11) is 1.73. The third kappa shape index (κ3) is 4.29. The van der Waals surface area contributed by atoms with Crippen LogP contribution in [0.5, 0.6) is 5.75 Å². The number of fused-ring (bicyclic) bond motifs is 1. The highest BCUT2D eigenvalue weighted by atomic mass is 16.5. The molecule has 0 saturated heterocycles. The Balaban J connectivity index is 2.10. The third-order valence-electron chi connectivity index (χ3n) is 6.14. The van der Waals surface area contributed by atoms with Gasteiger partial charge in [0.05, 0.1) is 7.11 Å². The monoisotopic (exact) mass is 362 g/mol. The molecular formula is C26H34O. The molecule has 0 saturated carbocycles. The van der Waals surface area contributed by atoms with E-state index >= 15 is 0 Å². The SMILES string of the molecule is CCCc1c(C)c(-c2ccc(OC)cc2)cc2c1CCCC(=C(C)C)CC2. The van der Waals surface area contributed by atoms with Crippen LogP contribution >= 0.6 is 0 Å². The fraction of sp³-hybridized carbons (Fsp3) is 0.462. The first-order chi connectivity index (χ1) is 13.0. The molecule has 0 radical (unpaired) electrons. The Morgan fingerprint density at radius 2 is 1.74 bits per heavy atom. The van der Waals surface area contributed by atoms with Crippen molar-refractivity contribution in [1.82, 2.24) is 0 Å². The Morgan fingerprint density at radius 3 is 2.37 bits per heavy atom. The van der Waals surface area contributed by atoms with Crippen molar-refractivity contribution in [2.75, 3.05) is 7.11 Å². The molecule has 144 valence electrons. The Kier molecular flexibility index (Phi) is 6.42. The highest BCUT2D eigenvalue weighted by Crippen LogP contribution is 2.36. The van der Waals surface area contributed by atoms with Crippen LogP contribution in [-0.2, 0) is 19.3 Å². The number of rotatable bonds is 4. The average Bonchev–Trinajstić information content (AvgIpc) is 2.65. The minimum Gasteiger partial charge on any atom is -0.497 e. The number of hydrogen-bond acceptors (Lipinski definition) is 1. The van der Waals surface area contributed by atoms with E-state index in [2.05, 4.69) is 58.0 Å². The molecule has 1 heteroatoms. The van der Waals surface area contributed by atoms with Gasteiger partial charge in [0.25, 0.3) is 0 Å². The molecule has 2 aromatic carbocycles. The van der Waals surface area contributed by atoms with E-state index in [9.17, 15) is 0 Å². The van der Waals surface area contributed by atoms with Gasteiger partial charge < -0.3 is 4.74 Å². The van der Waals surface area contributed by atoms with Gasteiger partial charge in [0.2, 0.25) is 0 Å². The van der Waals surface area contributed by atoms with Crippen LogP contribution in [0.3, 0.4) is 0 Å². The summed E-state index contributed by atoms with van der Waals surface area (Å²) in [6.07, 6.45) is 8.57. The molecule has 2 aromatic rings. The summed E-state index contributed by atoms with van der Waals surface area (Å²) in [4.78, 5) is 0. The molecule has 0 atom stereocenters. The van der Waals surface area contributed by atoms with Crippen molar-refractivity contribution in [2.24, 2.45) is 0 Å². The summed E-state index contributed by atoms with van der Waals surface area (Å²) < 4.78 is 5.35. The van der Waals surface area contributed by atoms with Crippen LogP contribution in [0, 0.1) is 6.92 Å². The van der Waals surface area contributed by atoms with Crippen LogP contribution in [0.15, 0.2) is 41.5 Å². The van der Waals surface area contributed by atoms with Gasteiger partial charge in [-0.2, -0.15) is 0 Å². The van der Waals surface area contributed by atoms with Crippen molar-refractivity contribution < 1.29 is 4.74 Å². The van der Waals surface area contributed by atoms with Crippen LogP contribution in [-0.4, -0.2) is 7.11 Å². The van der Waals surface area contributed by atoms with Gasteiger partial charge in [0.15, 0.2) is 0 Å². The first-order valence-electron chi connectivity index (χ1n) is 10.5. The van der Waals surface area contributed by atoms with Crippen LogP contribution in [0.1, 0.15) is 68.7 Å². The first-order valence-corrected chi connectivity index (χ1v) is 10.5. The van der Waals surface area contributed by atoms with Crippen molar-refractivity contribution >= 4 is 0 Å². The van der Waals surface area contributed by atoms with E-state index in [0.717, 1.165) is 5.75 Å². The normalized spacial score (nSPS) is 14.3. The molecule has 1 nitrogen and oxygen atoms in total. The van der Waals surface area contributed by atoms with Crippen molar-refractivity contribution in [3.63, 3.8) is 0 Å².